The summed E-state index contributed by atoms with van der Waals surface area (Å²) in [4.78, 5) is 16.3. The van der Waals surface area contributed by atoms with Crippen LogP contribution in [0.3, 0.4) is 0 Å². The molecule has 126 valence electrons. The number of nitrogen functional groups attached to an aromatic ring is 1. The molecule has 3 aromatic rings. The maximum absolute atomic E-state index is 11.9. The molecule has 3 rings (SSSR count). The van der Waals surface area contributed by atoms with Crippen LogP contribution < -0.4 is 11.4 Å². The Morgan fingerprint density at radius 1 is 1.04 bits per heavy atom. The summed E-state index contributed by atoms with van der Waals surface area (Å²) < 4.78 is 5.03. The number of aromatic hydroxyl groups is 1. The van der Waals surface area contributed by atoms with E-state index in [0.29, 0.717) is 17.2 Å². The molecule has 0 saturated carbocycles. The smallest absolute Gasteiger partial charge is 0.348 e. The van der Waals surface area contributed by atoms with Crippen molar-refractivity contribution in [1.29, 1.82) is 0 Å². The number of hydrogen-bond donors (Lipinski definition) is 2. The van der Waals surface area contributed by atoms with Crippen LogP contribution in [0.15, 0.2) is 68.8 Å². The fourth-order valence-corrected chi connectivity index (χ4v) is 2.58. The lowest BCUT2D eigenvalue weighted by atomic mass is 10.1. The van der Waals surface area contributed by atoms with E-state index in [-0.39, 0.29) is 11.3 Å². The zero-order chi connectivity index (χ0) is 18.0. The van der Waals surface area contributed by atoms with Gasteiger partial charge in [0.1, 0.15) is 17.1 Å². The van der Waals surface area contributed by atoms with Gasteiger partial charge in [-0.3, -0.25) is 4.99 Å². The third-order valence-corrected chi connectivity index (χ3v) is 3.82. The number of nitrogens with zero attached hydrogens (tertiary/aromatic N) is 1. The van der Waals surface area contributed by atoms with E-state index in [4.69, 9.17) is 10.2 Å². The topological polar surface area (TPSA) is 88.8 Å². The molecule has 0 aliphatic heterocycles. The minimum atomic E-state index is -0.600. The van der Waals surface area contributed by atoms with E-state index in [1.807, 2.05) is 48.5 Å². The molecule has 0 aliphatic rings. The van der Waals surface area contributed by atoms with Crippen molar-refractivity contribution in [1.82, 2.24) is 0 Å². The first-order valence-corrected chi connectivity index (χ1v) is 7.79. The van der Waals surface area contributed by atoms with Gasteiger partial charge in [0.25, 0.3) is 0 Å². The molecule has 0 unspecified atom stereocenters. The molecule has 0 saturated heterocycles. The summed E-state index contributed by atoms with van der Waals surface area (Å²) in [5.74, 6) is 0.223. The van der Waals surface area contributed by atoms with Crippen molar-refractivity contribution >= 4 is 17.1 Å². The van der Waals surface area contributed by atoms with E-state index in [0.717, 1.165) is 16.8 Å². The standard InChI is InChI=1S/C20H18N2O3/c1-12-11-18(23)19(20(24)25-12)13(2)22-17-9-5-15(6-10-17)14-3-7-16(21)8-4-14/h3-11,23H,21H2,1-2H3. The third kappa shape index (κ3) is 3.61. The molecule has 0 bridgehead atoms. The Labute approximate surface area is 145 Å². The average Bonchev–Trinajstić information content (AvgIpc) is 2.55. The van der Waals surface area contributed by atoms with E-state index in [2.05, 4.69) is 4.99 Å². The molecular formula is C20H18N2O3. The highest BCUT2D eigenvalue weighted by Crippen LogP contribution is 2.24. The molecule has 5 heteroatoms. The molecule has 0 amide bonds. The van der Waals surface area contributed by atoms with Crippen molar-refractivity contribution in [2.45, 2.75) is 13.8 Å². The Morgan fingerprint density at radius 3 is 2.16 bits per heavy atom. The number of aryl methyl sites for hydroxylation is 1. The van der Waals surface area contributed by atoms with Crippen molar-refractivity contribution in [2.24, 2.45) is 4.99 Å². The van der Waals surface area contributed by atoms with Gasteiger partial charge in [0.2, 0.25) is 0 Å². The number of nitrogens with two attached hydrogens (primary N) is 1. The molecule has 1 aromatic heterocycles. The van der Waals surface area contributed by atoms with Gasteiger partial charge in [-0.05, 0) is 49.2 Å². The fraction of sp³-hybridized carbons (Fsp3) is 0.100. The Kier molecular flexibility index (Phi) is 4.39. The van der Waals surface area contributed by atoms with E-state index in [9.17, 15) is 9.90 Å². The summed E-state index contributed by atoms with van der Waals surface area (Å²) in [5, 5.41) is 9.98. The second-order valence-electron chi connectivity index (χ2n) is 5.77. The van der Waals surface area contributed by atoms with Gasteiger partial charge in [-0.25, -0.2) is 4.79 Å². The van der Waals surface area contributed by atoms with Crippen LogP contribution in [0.4, 0.5) is 11.4 Å². The molecule has 0 spiro atoms. The van der Waals surface area contributed by atoms with Crippen molar-refractivity contribution in [3.63, 3.8) is 0 Å². The van der Waals surface area contributed by atoms with Crippen molar-refractivity contribution in [2.75, 3.05) is 5.73 Å². The number of anilines is 1. The lowest BCUT2D eigenvalue weighted by Gasteiger charge is -2.05. The molecular weight excluding hydrogens is 316 g/mol. The SMILES string of the molecule is CC(=Nc1ccc(-c2ccc(N)cc2)cc1)c1c(O)cc(C)oc1=O. The first kappa shape index (κ1) is 16.5. The zero-order valence-corrected chi connectivity index (χ0v) is 14.0. The number of hydrogen-bond acceptors (Lipinski definition) is 5. The monoisotopic (exact) mass is 334 g/mol. The highest BCUT2D eigenvalue weighted by Gasteiger charge is 2.13. The number of rotatable bonds is 3. The van der Waals surface area contributed by atoms with Crippen LogP contribution in [0.2, 0.25) is 0 Å². The Morgan fingerprint density at radius 2 is 1.60 bits per heavy atom. The maximum Gasteiger partial charge on any atom is 0.348 e. The van der Waals surface area contributed by atoms with E-state index in [1.165, 1.54) is 6.07 Å². The van der Waals surface area contributed by atoms with Crippen LogP contribution >= 0.6 is 0 Å². The van der Waals surface area contributed by atoms with Gasteiger partial charge < -0.3 is 15.3 Å². The van der Waals surface area contributed by atoms with Gasteiger partial charge in [0, 0.05) is 11.8 Å². The van der Waals surface area contributed by atoms with E-state index >= 15 is 0 Å². The van der Waals surface area contributed by atoms with E-state index in [1.54, 1.807) is 13.8 Å². The van der Waals surface area contributed by atoms with Crippen LogP contribution in [-0.4, -0.2) is 10.8 Å². The highest BCUT2D eigenvalue weighted by molar-refractivity contribution is 6.02. The summed E-state index contributed by atoms with van der Waals surface area (Å²) >= 11 is 0. The van der Waals surface area contributed by atoms with Crippen LogP contribution in [-0.2, 0) is 0 Å². The fourth-order valence-electron chi connectivity index (χ4n) is 2.58. The van der Waals surface area contributed by atoms with Gasteiger partial charge in [0.15, 0.2) is 0 Å². The zero-order valence-electron chi connectivity index (χ0n) is 14.0. The summed E-state index contributed by atoms with van der Waals surface area (Å²) in [5.41, 5.74) is 9.06. The van der Waals surface area contributed by atoms with Gasteiger partial charge in [-0.15, -0.1) is 0 Å². The lowest BCUT2D eigenvalue weighted by molar-refractivity contribution is 0.432. The molecule has 1 heterocycles. The first-order valence-electron chi connectivity index (χ1n) is 7.79. The predicted octanol–water partition coefficient (Wildman–Crippen LogP) is 4.04. The molecule has 5 nitrogen and oxygen atoms in total. The molecule has 0 aliphatic carbocycles. The van der Waals surface area contributed by atoms with Crippen LogP contribution in [0.25, 0.3) is 11.1 Å². The molecule has 3 N–H and O–H groups in total. The quantitative estimate of drug-likeness (QED) is 0.559. The van der Waals surface area contributed by atoms with Gasteiger partial charge in [-0.2, -0.15) is 0 Å². The molecule has 0 radical (unpaired) electrons. The first-order chi connectivity index (χ1) is 11.9. The Balaban J connectivity index is 1.91. The van der Waals surface area contributed by atoms with Crippen molar-refractivity contribution in [3.8, 4) is 16.9 Å². The molecule has 0 fully saturated rings. The van der Waals surface area contributed by atoms with Crippen LogP contribution in [0.1, 0.15) is 18.2 Å². The van der Waals surface area contributed by atoms with Crippen LogP contribution in [0.5, 0.6) is 5.75 Å². The highest BCUT2D eigenvalue weighted by atomic mass is 16.4. The lowest BCUT2D eigenvalue weighted by Crippen LogP contribution is -2.12. The predicted molar refractivity (Wildman–Crippen MR) is 99.5 cm³/mol. The summed E-state index contributed by atoms with van der Waals surface area (Å²) in [6.45, 7) is 3.27. The molecule has 2 aromatic carbocycles. The maximum atomic E-state index is 11.9. The van der Waals surface area contributed by atoms with Gasteiger partial charge in [0.05, 0.1) is 11.4 Å². The summed E-state index contributed by atoms with van der Waals surface area (Å²) in [6.07, 6.45) is 0. The van der Waals surface area contributed by atoms with Gasteiger partial charge in [-0.1, -0.05) is 24.3 Å². The second-order valence-corrected chi connectivity index (χ2v) is 5.77. The van der Waals surface area contributed by atoms with Gasteiger partial charge >= 0.3 is 5.63 Å². The van der Waals surface area contributed by atoms with Crippen molar-refractivity contribution < 1.29 is 9.52 Å². The number of aliphatic imine (C=N–C) groups is 1. The Bertz CT molecular complexity index is 985. The number of benzene rings is 2. The second kappa shape index (κ2) is 6.65. The van der Waals surface area contributed by atoms with Crippen LogP contribution in [0, 0.1) is 6.92 Å². The van der Waals surface area contributed by atoms with Crippen molar-refractivity contribution in [3.05, 3.63) is 76.3 Å². The van der Waals surface area contributed by atoms with E-state index < -0.39 is 5.63 Å². The largest absolute Gasteiger partial charge is 0.507 e. The minimum Gasteiger partial charge on any atom is -0.507 e. The summed E-state index contributed by atoms with van der Waals surface area (Å²) in [6, 6.07) is 16.6. The minimum absolute atomic E-state index is 0.0770. The Hall–Kier alpha value is -3.34. The molecule has 0 atom stereocenters. The normalized spacial score (nSPS) is 11.5. The summed E-state index contributed by atoms with van der Waals surface area (Å²) in [7, 11) is 0. The third-order valence-electron chi connectivity index (χ3n) is 3.82. The average molecular weight is 334 g/mol. The molecule has 25 heavy (non-hydrogen) atoms.